The van der Waals surface area contributed by atoms with Crippen LogP contribution in [0.4, 0.5) is 5.82 Å². The van der Waals surface area contributed by atoms with Gasteiger partial charge in [0.05, 0.1) is 6.54 Å². The summed E-state index contributed by atoms with van der Waals surface area (Å²) in [6, 6.07) is 13.7. The van der Waals surface area contributed by atoms with Crippen LogP contribution in [0.5, 0.6) is 5.75 Å². The van der Waals surface area contributed by atoms with Crippen molar-refractivity contribution in [1.82, 2.24) is 30.6 Å². The van der Waals surface area contributed by atoms with Crippen molar-refractivity contribution in [1.29, 1.82) is 0 Å². The lowest BCUT2D eigenvalue weighted by atomic mass is 10.1. The van der Waals surface area contributed by atoms with Gasteiger partial charge in [0, 0.05) is 47.8 Å². The van der Waals surface area contributed by atoms with Crippen LogP contribution in [0.1, 0.15) is 0 Å². The van der Waals surface area contributed by atoms with Crippen LogP contribution in [0.2, 0.25) is 0 Å². The van der Waals surface area contributed by atoms with Gasteiger partial charge in [-0.1, -0.05) is 24.3 Å². The number of hydrogen-bond donors (Lipinski definition) is 1. The molecule has 152 valence electrons. The van der Waals surface area contributed by atoms with Gasteiger partial charge in [0.25, 0.3) is 0 Å². The molecule has 0 spiro atoms. The van der Waals surface area contributed by atoms with Crippen LogP contribution in [0.15, 0.2) is 59.3 Å². The highest BCUT2D eigenvalue weighted by Gasteiger charge is 2.19. The first-order valence-corrected chi connectivity index (χ1v) is 9.83. The van der Waals surface area contributed by atoms with E-state index in [4.69, 9.17) is 9.15 Å². The average molecular weight is 411 g/mol. The highest BCUT2D eigenvalue weighted by Crippen LogP contribution is 2.37. The minimum atomic E-state index is 0.549. The predicted molar refractivity (Wildman–Crippen MR) is 115 cm³/mol. The monoisotopic (exact) mass is 411 g/mol. The Bertz CT molecular complexity index is 1380. The highest BCUT2D eigenvalue weighted by molar-refractivity contribution is 5.92. The van der Waals surface area contributed by atoms with E-state index in [9.17, 15) is 0 Å². The lowest BCUT2D eigenvalue weighted by molar-refractivity contribution is 0.309. The molecule has 31 heavy (non-hydrogen) atoms. The summed E-state index contributed by atoms with van der Waals surface area (Å²) >= 11 is 0. The van der Waals surface area contributed by atoms with Gasteiger partial charge < -0.3 is 14.1 Å². The lowest BCUT2D eigenvalue weighted by Crippen LogP contribution is -2.29. The number of hydrogen-bond acceptors (Lipinski definition) is 8. The molecule has 5 heterocycles. The maximum Gasteiger partial charge on any atom is 0.204 e. The standard InChI is InChI=1S/C22H17N7O2/c1-29-8-9-30-19-10-15(12-24-22(19)29)16-6-7-23-17-11-18(31-20(16)17)13-2-4-14(5-3-13)21-25-27-28-26-21/h2-7,10-12H,8-9H2,1H3,(H,25,26,27,28). The molecule has 0 atom stereocenters. The first kappa shape index (κ1) is 17.6. The van der Waals surface area contributed by atoms with Gasteiger partial charge in [-0.15, -0.1) is 10.2 Å². The van der Waals surface area contributed by atoms with E-state index in [2.05, 4.69) is 35.5 Å². The van der Waals surface area contributed by atoms with Gasteiger partial charge in [0.1, 0.15) is 17.9 Å². The molecule has 5 aromatic rings. The summed E-state index contributed by atoms with van der Waals surface area (Å²) in [6.45, 7) is 1.47. The summed E-state index contributed by atoms with van der Waals surface area (Å²) in [7, 11) is 2.02. The van der Waals surface area contributed by atoms with Gasteiger partial charge in [-0.05, 0) is 17.3 Å². The largest absolute Gasteiger partial charge is 0.488 e. The zero-order valence-corrected chi connectivity index (χ0v) is 16.6. The van der Waals surface area contributed by atoms with E-state index >= 15 is 0 Å². The summed E-state index contributed by atoms with van der Waals surface area (Å²) < 4.78 is 12.1. The fourth-order valence-electron chi connectivity index (χ4n) is 3.75. The van der Waals surface area contributed by atoms with Crippen molar-refractivity contribution in [3.63, 3.8) is 0 Å². The molecule has 0 fully saturated rings. The fraction of sp³-hybridized carbons (Fsp3) is 0.136. The van der Waals surface area contributed by atoms with Crippen LogP contribution < -0.4 is 9.64 Å². The maximum absolute atomic E-state index is 6.24. The van der Waals surface area contributed by atoms with E-state index in [1.54, 1.807) is 6.20 Å². The van der Waals surface area contributed by atoms with Crippen molar-refractivity contribution in [3.05, 3.63) is 54.9 Å². The molecule has 1 aliphatic rings. The van der Waals surface area contributed by atoms with Gasteiger partial charge in [0.15, 0.2) is 17.2 Å². The first-order valence-electron chi connectivity index (χ1n) is 9.83. The summed E-state index contributed by atoms with van der Waals surface area (Å²) in [5, 5.41) is 14.1. The van der Waals surface area contributed by atoms with Crippen molar-refractivity contribution in [2.75, 3.05) is 25.1 Å². The van der Waals surface area contributed by atoms with E-state index in [-0.39, 0.29) is 0 Å². The number of pyridine rings is 2. The SMILES string of the molecule is CN1CCOc2cc(-c3ccnc4cc(-c5ccc(-c6nn[nH]n6)cc5)oc34)cnc21. The number of fused-ring (bicyclic) bond motifs is 2. The van der Waals surface area contributed by atoms with Crippen LogP contribution in [0.25, 0.3) is 44.9 Å². The summed E-state index contributed by atoms with van der Waals surface area (Å²) in [6.07, 6.45) is 3.63. The molecule has 0 bridgehead atoms. The van der Waals surface area contributed by atoms with Crippen LogP contribution in [0, 0.1) is 0 Å². The summed E-state index contributed by atoms with van der Waals surface area (Å²) in [5.74, 6) is 2.91. The third kappa shape index (κ3) is 2.98. The molecule has 9 nitrogen and oxygen atoms in total. The zero-order chi connectivity index (χ0) is 20.8. The Morgan fingerprint density at radius 3 is 2.71 bits per heavy atom. The average Bonchev–Trinajstić information content (AvgIpc) is 3.49. The number of H-pyrrole nitrogens is 1. The van der Waals surface area contributed by atoms with Crippen LogP contribution in [-0.2, 0) is 0 Å². The number of aromatic amines is 1. The molecule has 0 unspecified atom stereocenters. The van der Waals surface area contributed by atoms with Gasteiger partial charge in [0.2, 0.25) is 5.82 Å². The van der Waals surface area contributed by atoms with Crippen molar-refractivity contribution in [2.45, 2.75) is 0 Å². The minimum absolute atomic E-state index is 0.549. The van der Waals surface area contributed by atoms with Crippen LogP contribution >= 0.6 is 0 Å². The molecule has 0 radical (unpaired) electrons. The molecule has 9 heteroatoms. The van der Waals surface area contributed by atoms with E-state index in [0.29, 0.717) is 18.0 Å². The van der Waals surface area contributed by atoms with Gasteiger partial charge in [-0.25, -0.2) is 4.98 Å². The predicted octanol–water partition coefficient (Wildman–Crippen LogP) is 3.57. The number of nitrogens with zero attached hydrogens (tertiary/aromatic N) is 6. The Balaban J connectivity index is 1.40. The van der Waals surface area contributed by atoms with E-state index < -0.39 is 0 Å². The molecule has 0 amide bonds. The van der Waals surface area contributed by atoms with Crippen molar-refractivity contribution < 1.29 is 9.15 Å². The third-order valence-corrected chi connectivity index (χ3v) is 5.37. The minimum Gasteiger partial charge on any atom is -0.488 e. The molecule has 0 saturated carbocycles. The van der Waals surface area contributed by atoms with E-state index in [1.807, 2.05) is 55.7 Å². The van der Waals surface area contributed by atoms with Crippen LogP contribution in [0.3, 0.4) is 0 Å². The smallest absolute Gasteiger partial charge is 0.204 e. The van der Waals surface area contributed by atoms with Crippen LogP contribution in [-0.4, -0.2) is 50.8 Å². The zero-order valence-electron chi connectivity index (χ0n) is 16.6. The molecule has 0 aliphatic carbocycles. The third-order valence-electron chi connectivity index (χ3n) is 5.37. The molecular weight excluding hydrogens is 394 g/mol. The van der Waals surface area contributed by atoms with E-state index in [0.717, 1.165) is 51.6 Å². The number of likely N-dealkylation sites (N-methyl/N-ethyl adjacent to an activating group) is 1. The number of nitrogens with one attached hydrogen (secondary N) is 1. The Morgan fingerprint density at radius 2 is 1.87 bits per heavy atom. The highest BCUT2D eigenvalue weighted by atomic mass is 16.5. The van der Waals surface area contributed by atoms with Gasteiger partial charge in [-0.2, -0.15) is 5.21 Å². The van der Waals surface area contributed by atoms with Gasteiger partial charge in [-0.3, -0.25) is 4.98 Å². The number of benzene rings is 1. The summed E-state index contributed by atoms with van der Waals surface area (Å²) in [5.41, 5.74) is 5.15. The molecular formula is C22H17N7O2. The van der Waals surface area contributed by atoms with Crippen molar-refractivity contribution >= 4 is 16.9 Å². The molecule has 1 aliphatic heterocycles. The second-order valence-corrected chi connectivity index (χ2v) is 7.31. The number of rotatable bonds is 3. The fourth-order valence-corrected chi connectivity index (χ4v) is 3.75. The quantitative estimate of drug-likeness (QED) is 0.480. The second kappa shape index (κ2) is 6.91. The number of anilines is 1. The molecule has 1 N–H and O–H groups in total. The first-order chi connectivity index (χ1) is 15.3. The maximum atomic E-state index is 6.24. The Kier molecular flexibility index (Phi) is 3.92. The molecule has 0 saturated heterocycles. The summed E-state index contributed by atoms with van der Waals surface area (Å²) in [4.78, 5) is 11.2. The number of aromatic nitrogens is 6. The lowest BCUT2D eigenvalue weighted by Gasteiger charge is -2.26. The van der Waals surface area contributed by atoms with E-state index in [1.165, 1.54) is 0 Å². The van der Waals surface area contributed by atoms with Crippen molar-refractivity contribution in [2.24, 2.45) is 0 Å². The second-order valence-electron chi connectivity index (χ2n) is 7.31. The Labute approximate surface area is 176 Å². The Morgan fingerprint density at radius 1 is 1.00 bits per heavy atom. The Hall–Kier alpha value is -4.27. The number of furan rings is 1. The number of ether oxygens (including phenoxy) is 1. The number of tetrazole rings is 1. The normalized spacial score (nSPS) is 13.3. The molecule has 4 aromatic heterocycles. The molecule has 1 aromatic carbocycles. The van der Waals surface area contributed by atoms with Gasteiger partial charge >= 0.3 is 0 Å². The molecule has 6 rings (SSSR count). The van der Waals surface area contributed by atoms with Crippen molar-refractivity contribution in [3.8, 4) is 39.6 Å². The topological polar surface area (TPSA) is 106 Å².